The van der Waals surface area contributed by atoms with Crippen LogP contribution in [-0.2, 0) is 17.4 Å². The number of nitrogens with one attached hydrogen (secondary N) is 1. The number of anilines is 1. The maximum Gasteiger partial charge on any atom is 0.416 e. The summed E-state index contributed by atoms with van der Waals surface area (Å²) in [6.07, 6.45) is -3.28. The van der Waals surface area contributed by atoms with Gasteiger partial charge in [0, 0.05) is 23.6 Å². The molecule has 0 saturated carbocycles. The molecular formula is C29H25ClF3NO2. The predicted octanol–water partition coefficient (Wildman–Crippen LogP) is 8.27. The number of methoxy groups -OCH3 is 1. The molecule has 0 aliphatic rings. The Morgan fingerprint density at radius 1 is 0.917 bits per heavy atom. The molecule has 1 unspecified atom stereocenters. The van der Waals surface area contributed by atoms with Gasteiger partial charge in [-0.1, -0.05) is 48.0 Å². The first-order valence-corrected chi connectivity index (χ1v) is 11.9. The van der Waals surface area contributed by atoms with E-state index in [2.05, 4.69) is 11.4 Å². The third-order valence-corrected chi connectivity index (χ3v) is 6.31. The van der Waals surface area contributed by atoms with Gasteiger partial charge in [-0.2, -0.15) is 13.2 Å². The van der Waals surface area contributed by atoms with E-state index in [1.54, 1.807) is 19.2 Å². The van der Waals surface area contributed by atoms with E-state index in [1.165, 1.54) is 12.1 Å². The number of hydrogen-bond acceptors (Lipinski definition) is 3. The average molecular weight is 512 g/mol. The van der Waals surface area contributed by atoms with Crippen molar-refractivity contribution in [2.75, 3.05) is 12.4 Å². The van der Waals surface area contributed by atoms with Crippen molar-refractivity contribution in [3.63, 3.8) is 0 Å². The van der Waals surface area contributed by atoms with E-state index in [0.29, 0.717) is 23.6 Å². The molecule has 36 heavy (non-hydrogen) atoms. The average Bonchev–Trinajstić information content (AvgIpc) is 2.87. The molecule has 0 saturated heterocycles. The Morgan fingerprint density at radius 2 is 1.58 bits per heavy atom. The maximum atomic E-state index is 13.0. The van der Waals surface area contributed by atoms with Crippen molar-refractivity contribution in [3.05, 3.63) is 107 Å². The van der Waals surface area contributed by atoms with Gasteiger partial charge in [-0.05, 0) is 76.9 Å². The number of aryl methyl sites for hydroxylation is 1. The van der Waals surface area contributed by atoms with Crippen molar-refractivity contribution in [1.29, 1.82) is 0 Å². The molecule has 0 aromatic heterocycles. The van der Waals surface area contributed by atoms with Crippen LogP contribution in [0.5, 0.6) is 5.75 Å². The minimum absolute atomic E-state index is 0.0455. The fraction of sp³-hybridized carbons (Fsp3) is 0.207. The molecule has 0 aliphatic carbocycles. The number of ether oxygens (including phenoxy) is 1. The number of Topliss-reactive ketones (excluding diaryl/α,β-unsaturated/α-hetero) is 1. The van der Waals surface area contributed by atoms with Crippen LogP contribution in [-0.4, -0.2) is 12.9 Å². The highest BCUT2D eigenvalue weighted by Gasteiger charge is 2.30. The second kappa shape index (κ2) is 11.0. The first kappa shape index (κ1) is 25.6. The second-order valence-electron chi connectivity index (χ2n) is 8.61. The maximum absolute atomic E-state index is 13.0. The minimum Gasteiger partial charge on any atom is -0.497 e. The highest BCUT2D eigenvalue weighted by atomic mass is 35.5. The molecule has 0 heterocycles. The fourth-order valence-corrected chi connectivity index (χ4v) is 4.20. The van der Waals surface area contributed by atoms with Crippen molar-refractivity contribution in [2.24, 2.45) is 0 Å². The summed E-state index contributed by atoms with van der Waals surface area (Å²) in [6, 6.07) is 23.4. The topological polar surface area (TPSA) is 38.3 Å². The van der Waals surface area contributed by atoms with Gasteiger partial charge >= 0.3 is 6.18 Å². The lowest BCUT2D eigenvalue weighted by atomic mass is 9.97. The van der Waals surface area contributed by atoms with E-state index >= 15 is 0 Å². The van der Waals surface area contributed by atoms with Crippen molar-refractivity contribution in [2.45, 2.75) is 31.5 Å². The van der Waals surface area contributed by atoms with Gasteiger partial charge in [0.15, 0.2) is 0 Å². The molecule has 0 spiro atoms. The van der Waals surface area contributed by atoms with Crippen molar-refractivity contribution >= 4 is 33.8 Å². The fourth-order valence-electron chi connectivity index (χ4n) is 4.07. The first-order chi connectivity index (χ1) is 17.2. The Balaban J connectivity index is 1.45. The van der Waals surface area contributed by atoms with Crippen molar-refractivity contribution in [3.8, 4) is 5.75 Å². The predicted molar refractivity (Wildman–Crippen MR) is 138 cm³/mol. The Bertz CT molecular complexity index is 1340. The molecule has 0 bridgehead atoms. The summed E-state index contributed by atoms with van der Waals surface area (Å²) in [5.74, 6) is 0.836. The molecular weight excluding hydrogens is 487 g/mol. The smallest absolute Gasteiger partial charge is 0.416 e. The van der Waals surface area contributed by atoms with Crippen LogP contribution < -0.4 is 10.1 Å². The number of rotatable bonds is 9. The number of carbonyl (C=O) groups excluding carboxylic acids is 1. The number of hydrogen-bond donors (Lipinski definition) is 1. The number of benzene rings is 4. The lowest BCUT2D eigenvalue weighted by molar-refractivity contribution is -0.137. The van der Waals surface area contributed by atoms with Crippen LogP contribution in [0.2, 0.25) is 5.02 Å². The van der Waals surface area contributed by atoms with E-state index in [0.717, 1.165) is 39.8 Å². The zero-order chi connectivity index (χ0) is 25.7. The summed E-state index contributed by atoms with van der Waals surface area (Å²) >= 11 is 6.02. The van der Waals surface area contributed by atoms with Crippen LogP contribution in [0.25, 0.3) is 10.8 Å². The van der Waals surface area contributed by atoms with Crippen molar-refractivity contribution < 1.29 is 22.7 Å². The summed E-state index contributed by atoms with van der Waals surface area (Å²) in [5.41, 5.74) is 1.66. The van der Waals surface area contributed by atoms with E-state index < -0.39 is 17.8 Å². The Kier molecular flexibility index (Phi) is 7.85. The molecule has 0 aliphatic heterocycles. The summed E-state index contributed by atoms with van der Waals surface area (Å²) in [7, 11) is 1.63. The summed E-state index contributed by atoms with van der Waals surface area (Å²) in [4.78, 5) is 13.0. The van der Waals surface area contributed by atoms with Gasteiger partial charge in [0.05, 0.1) is 18.7 Å². The van der Waals surface area contributed by atoms with E-state index in [-0.39, 0.29) is 12.2 Å². The monoisotopic (exact) mass is 511 g/mol. The molecule has 0 fully saturated rings. The molecule has 3 nitrogen and oxygen atoms in total. The Hall–Kier alpha value is -3.51. The SMILES string of the molecule is COc1ccc2cc(CCC(=O)CC(Nc3ccc(C(F)(F)F)cc3)c3ccc(Cl)cc3)ccc2c1. The number of fused-ring (bicyclic) bond motifs is 1. The van der Waals surface area contributed by atoms with Gasteiger partial charge < -0.3 is 10.1 Å². The van der Waals surface area contributed by atoms with Gasteiger partial charge in [0.2, 0.25) is 0 Å². The van der Waals surface area contributed by atoms with Gasteiger partial charge in [-0.3, -0.25) is 4.79 Å². The molecule has 1 N–H and O–H groups in total. The Morgan fingerprint density at radius 3 is 2.25 bits per heavy atom. The highest BCUT2D eigenvalue weighted by molar-refractivity contribution is 6.30. The third kappa shape index (κ3) is 6.58. The molecule has 4 aromatic carbocycles. The van der Waals surface area contributed by atoms with Gasteiger partial charge in [-0.15, -0.1) is 0 Å². The largest absolute Gasteiger partial charge is 0.497 e. The lowest BCUT2D eigenvalue weighted by Gasteiger charge is -2.21. The van der Waals surface area contributed by atoms with E-state index in [4.69, 9.17) is 16.3 Å². The molecule has 0 amide bonds. The van der Waals surface area contributed by atoms with Crippen LogP contribution in [0.15, 0.2) is 84.9 Å². The second-order valence-corrected chi connectivity index (χ2v) is 9.05. The first-order valence-electron chi connectivity index (χ1n) is 11.5. The number of halogens is 4. The summed E-state index contributed by atoms with van der Waals surface area (Å²) in [5, 5.41) is 5.91. The van der Waals surface area contributed by atoms with Crippen LogP contribution in [0.1, 0.15) is 35.6 Å². The molecule has 7 heteroatoms. The zero-order valence-corrected chi connectivity index (χ0v) is 20.4. The summed E-state index contributed by atoms with van der Waals surface area (Å²) in [6.45, 7) is 0. The van der Waals surface area contributed by atoms with E-state index in [9.17, 15) is 18.0 Å². The normalized spacial score (nSPS) is 12.4. The number of carbonyl (C=O) groups is 1. The standard InChI is InChI=1S/C29H25ClF3NO2/c1-36-27-15-7-21-16-19(2-4-22(21)17-27)3-14-26(35)18-28(20-5-10-24(30)11-6-20)34-25-12-8-23(9-13-25)29(31,32)33/h2,4-13,15-17,28,34H,3,14,18H2,1H3. The number of alkyl halides is 3. The third-order valence-electron chi connectivity index (χ3n) is 6.06. The van der Waals surface area contributed by atoms with Gasteiger partial charge in [-0.25, -0.2) is 0 Å². The lowest BCUT2D eigenvalue weighted by Crippen LogP contribution is -2.16. The molecule has 4 aromatic rings. The van der Waals surface area contributed by atoms with Crippen LogP contribution in [0, 0.1) is 0 Å². The molecule has 186 valence electrons. The molecule has 0 radical (unpaired) electrons. The Labute approximate surface area is 212 Å². The van der Waals surface area contributed by atoms with Gasteiger partial charge in [0.25, 0.3) is 0 Å². The van der Waals surface area contributed by atoms with Crippen LogP contribution in [0.4, 0.5) is 18.9 Å². The van der Waals surface area contributed by atoms with Gasteiger partial charge in [0.1, 0.15) is 11.5 Å². The molecule has 1 atom stereocenters. The van der Waals surface area contributed by atoms with Crippen LogP contribution in [0.3, 0.4) is 0 Å². The number of ketones is 1. The summed E-state index contributed by atoms with van der Waals surface area (Å²) < 4.78 is 44.0. The van der Waals surface area contributed by atoms with Crippen molar-refractivity contribution in [1.82, 2.24) is 0 Å². The molecule has 4 rings (SSSR count). The quantitative estimate of drug-likeness (QED) is 0.246. The van der Waals surface area contributed by atoms with E-state index in [1.807, 2.05) is 42.5 Å². The minimum atomic E-state index is -4.40. The highest BCUT2D eigenvalue weighted by Crippen LogP contribution is 2.31. The van der Waals surface area contributed by atoms with Crippen LogP contribution >= 0.6 is 11.6 Å². The zero-order valence-electron chi connectivity index (χ0n) is 19.6.